The van der Waals surface area contributed by atoms with Crippen molar-refractivity contribution in [3.8, 4) is 12.3 Å². The number of hydrogen-bond acceptors (Lipinski definition) is 3. The van der Waals surface area contributed by atoms with Gasteiger partial charge >= 0.3 is 6.09 Å². The molecule has 4 nitrogen and oxygen atoms in total. The van der Waals surface area contributed by atoms with E-state index in [1.807, 2.05) is 0 Å². The van der Waals surface area contributed by atoms with E-state index in [1.165, 1.54) is 6.42 Å². The molecule has 4 heteroatoms. The molecule has 1 amide bonds. The minimum Gasteiger partial charge on any atom is -0.436 e. The highest BCUT2D eigenvalue weighted by Gasteiger charge is 2.47. The molecule has 3 fully saturated rings. The van der Waals surface area contributed by atoms with Crippen LogP contribution in [-0.2, 0) is 4.74 Å². The molecule has 0 spiro atoms. The zero-order chi connectivity index (χ0) is 9.26. The number of hydrogen-bond donors (Lipinski definition) is 2. The molecule has 1 saturated carbocycles. The third-order valence-corrected chi connectivity index (χ3v) is 2.71. The van der Waals surface area contributed by atoms with E-state index < -0.39 is 6.09 Å². The highest BCUT2D eigenvalue weighted by atomic mass is 16.5. The monoisotopic (exact) mass is 180 g/mol. The summed E-state index contributed by atoms with van der Waals surface area (Å²) >= 11 is 0. The molecule has 0 aromatic heterocycles. The molecule has 0 aromatic rings. The van der Waals surface area contributed by atoms with Gasteiger partial charge < -0.3 is 15.4 Å². The number of alkyl carbamates (subject to hydrolysis) is 1. The molecular formula is C9H12N2O2. The summed E-state index contributed by atoms with van der Waals surface area (Å²) in [4.78, 5) is 11.1. The number of ether oxygens (including phenoxy) is 1. The van der Waals surface area contributed by atoms with Crippen LogP contribution in [0.2, 0.25) is 0 Å². The van der Waals surface area contributed by atoms with Crippen molar-refractivity contribution in [1.82, 2.24) is 10.6 Å². The molecule has 3 unspecified atom stereocenters. The maximum atomic E-state index is 11.1. The van der Waals surface area contributed by atoms with E-state index in [2.05, 4.69) is 16.6 Å². The highest BCUT2D eigenvalue weighted by Crippen LogP contribution is 2.33. The standard InChI is InChI=1S/C9H12N2O2/c1-2-3-13-9(12)11-8-6-4-7(8)10-5-6/h1,6-8,10H,3-5H2,(H,11,12). The first kappa shape index (κ1) is 8.39. The number of carbonyl (C=O) groups excluding carboxylic acids is 1. The van der Waals surface area contributed by atoms with Gasteiger partial charge in [-0.1, -0.05) is 5.92 Å². The summed E-state index contributed by atoms with van der Waals surface area (Å²) in [5.74, 6) is 2.83. The maximum absolute atomic E-state index is 11.1. The van der Waals surface area contributed by atoms with Crippen molar-refractivity contribution in [2.75, 3.05) is 13.2 Å². The second-order valence-corrected chi connectivity index (χ2v) is 3.46. The molecule has 3 aliphatic rings. The van der Waals surface area contributed by atoms with Crippen molar-refractivity contribution in [3.05, 3.63) is 0 Å². The third kappa shape index (κ3) is 1.47. The predicted molar refractivity (Wildman–Crippen MR) is 47.0 cm³/mol. The minimum absolute atomic E-state index is 0.0430. The predicted octanol–water partition coefficient (Wildman–Crippen LogP) is -0.294. The van der Waals surface area contributed by atoms with Gasteiger partial charge in [0.05, 0.1) is 6.04 Å². The first-order valence-corrected chi connectivity index (χ1v) is 4.41. The molecule has 2 saturated heterocycles. The molecule has 70 valence electrons. The molecule has 2 aliphatic heterocycles. The smallest absolute Gasteiger partial charge is 0.408 e. The molecule has 3 atom stereocenters. The van der Waals surface area contributed by atoms with Gasteiger partial charge in [0.2, 0.25) is 0 Å². The Hall–Kier alpha value is -1.21. The number of carbonyl (C=O) groups is 1. The Morgan fingerprint density at radius 2 is 2.62 bits per heavy atom. The van der Waals surface area contributed by atoms with E-state index >= 15 is 0 Å². The fourth-order valence-corrected chi connectivity index (χ4v) is 1.98. The van der Waals surface area contributed by atoms with Crippen LogP contribution in [-0.4, -0.2) is 31.3 Å². The Kier molecular flexibility index (Phi) is 2.11. The van der Waals surface area contributed by atoms with E-state index in [4.69, 9.17) is 11.2 Å². The van der Waals surface area contributed by atoms with Crippen molar-refractivity contribution < 1.29 is 9.53 Å². The number of nitrogens with one attached hydrogen (secondary N) is 2. The Balaban J connectivity index is 1.73. The van der Waals surface area contributed by atoms with Crippen molar-refractivity contribution >= 4 is 6.09 Å². The molecule has 0 radical (unpaired) electrons. The number of rotatable bonds is 2. The van der Waals surface area contributed by atoms with Gasteiger partial charge in [-0.2, -0.15) is 0 Å². The van der Waals surface area contributed by atoms with E-state index in [1.54, 1.807) is 0 Å². The van der Waals surface area contributed by atoms with Crippen LogP contribution < -0.4 is 10.6 Å². The average Bonchev–Trinajstić information content (AvgIpc) is 2.71. The lowest BCUT2D eigenvalue weighted by atomic mass is 9.80. The Labute approximate surface area is 77.0 Å². The van der Waals surface area contributed by atoms with E-state index in [0.29, 0.717) is 12.0 Å². The highest BCUT2D eigenvalue weighted by molar-refractivity contribution is 5.68. The minimum atomic E-state index is -0.402. The van der Waals surface area contributed by atoms with Crippen LogP contribution in [0.1, 0.15) is 6.42 Å². The van der Waals surface area contributed by atoms with E-state index in [9.17, 15) is 4.79 Å². The third-order valence-electron chi connectivity index (χ3n) is 2.71. The van der Waals surface area contributed by atoms with E-state index in [0.717, 1.165) is 6.54 Å². The van der Waals surface area contributed by atoms with Crippen LogP contribution in [0.5, 0.6) is 0 Å². The van der Waals surface area contributed by atoms with Crippen LogP contribution >= 0.6 is 0 Å². The first-order valence-electron chi connectivity index (χ1n) is 4.41. The van der Waals surface area contributed by atoms with Crippen molar-refractivity contribution in [2.24, 2.45) is 5.92 Å². The van der Waals surface area contributed by atoms with Crippen LogP contribution in [0.15, 0.2) is 0 Å². The summed E-state index contributed by atoms with van der Waals surface area (Å²) in [7, 11) is 0. The molecule has 3 rings (SSSR count). The summed E-state index contributed by atoms with van der Waals surface area (Å²) in [6.45, 7) is 1.05. The van der Waals surface area contributed by atoms with Crippen molar-refractivity contribution in [1.29, 1.82) is 0 Å². The Morgan fingerprint density at radius 1 is 1.77 bits per heavy atom. The van der Waals surface area contributed by atoms with Crippen LogP contribution in [0.25, 0.3) is 0 Å². The molecule has 0 aromatic carbocycles. The lowest BCUT2D eigenvalue weighted by Crippen LogP contribution is -2.54. The molecule has 13 heavy (non-hydrogen) atoms. The maximum Gasteiger partial charge on any atom is 0.408 e. The molecule has 2 heterocycles. The lowest BCUT2D eigenvalue weighted by Gasteiger charge is -2.34. The molecule has 2 bridgehead atoms. The SMILES string of the molecule is C#CCOC(=O)NC1C2CNC1C2. The first-order chi connectivity index (χ1) is 6.31. The Bertz CT molecular complexity index is 245. The quantitative estimate of drug-likeness (QED) is 0.574. The fourth-order valence-electron chi connectivity index (χ4n) is 1.98. The lowest BCUT2D eigenvalue weighted by molar-refractivity contribution is 0.140. The van der Waals surface area contributed by atoms with E-state index in [-0.39, 0.29) is 12.6 Å². The normalized spacial score (nSPS) is 34.5. The van der Waals surface area contributed by atoms with Crippen LogP contribution in [0.3, 0.4) is 0 Å². The van der Waals surface area contributed by atoms with Crippen LogP contribution in [0, 0.1) is 18.3 Å². The largest absolute Gasteiger partial charge is 0.436 e. The van der Waals surface area contributed by atoms with Crippen molar-refractivity contribution in [3.63, 3.8) is 0 Å². The number of terminal acetylenes is 1. The average molecular weight is 180 g/mol. The summed E-state index contributed by atoms with van der Waals surface area (Å²) < 4.78 is 4.71. The molecule has 1 aliphatic carbocycles. The van der Waals surface area contributed by atoms with Gasteiger partial charge in [0.25, 0.3) is 0 Å². The summed E-state index contributed by atoms with van der Waals surface area (Å²) in [6.07, 6.45) is 5.72. The number of fused-ring (bicyclic) bond motifs is 1. The second-order valence-electron chi connectivity index (χ2n) is 3.46. The van der Waals surface area contributed by atoms with Gasteiger partial charge in [0.1, 0.15) is 0 Å². The zero-order valence-electron chi connectivity index (χ0n) is 7.25. The summed E-state index contributed by atoms with van der Waals surface area (Å²) in [5, 5.41) is 6.09. The second kappa shape index (κ2) is 3.27. The number of amides is 1. The molecule has 2 N–H and O–H groups in total. The fraction of sp³-hybridized carbons (Fsp3) is 0.667. The van der Waals surface area contributed by atoms with Crippen molar-refractivity contribution in [2.45, 2.75) is 18.5 Å². The zero-order valence-corrected chi connectivity index (χ0v) is 7.25. The van der Waals surface area contributed by atoms with Crippen LogP contribution in [0.4, 0.5) is 4.79 Å². The van der Waals surface area contributed by atoms with Gasteiger partial charge in [-0.3, -0.25) is 0 Å². The van der Waals surface area contributed by atoms with Gasteiger partial charge in [0.15, 0.2) is 6.61 Å². The van der Waals surface area contributed by atoms with Gasteiger partial charge in [-0.15, -0.1) is 6.42 Å². The van der Waals surface area contributed by atoms with Gasteiger partial charge in [0, 0.05) is 12.6 Å². The summed E-state index contributed by atoms with van der Waals surface area (Å²) in [6, 6.07) is 0.702. The topological polar surface area (TPSA) is 50.4 Å². The Morgan fingerprint density at radius 3 is 3.15 bits per heavy atom. The van der Waals surface area contributed by atoms with Gasteiger partial charge in [-0.25, -0.2) is 4.79 Å². The molecular weight excluding hydrogens is 168 g/mol. The van der Waals surface area contributed by atoms with Gasteiger partial charge in [-0.05, 0) is 12.3 Å². The summed E-state index contributed by atoms with van der Waals surface area (Å²) in [5.41, 5.74) is 0.